The molecule has 0 amide bonds. The Bertz CT molecular complexity index is 2950. The molecule has 0 spiro atoms. The summed E-state index contributed by atoms with van der Waals surface area (Å²) < 4.78 is 71.7. The minimum atomic E-state index is -1.33. The first-order valence-electron chi connectivity index (χ1n) is 27.1. The molecule has 0 radical (unpaired) electrons. The van der Waals surface area contributed by atoms with Crippen molar-refractivity contribution in [2.45, 2.75) is 126 Å². The number of hydrogen-bond donors (Lipinski definition) is 0. The van der Waals surface area contributed by atoms with E-state index in [2.05, 4.69) is 20.1 Å². The number of hydrogen-bond acceptors (Lipinski definition) is 18. The van der Waals surface area contributed by atoms with E-state index in [-0.39, 0.29) is 40.0 Å². The molecule has 436 valence electrons. The molecule has 4 aliphatic rings. The fourth-order valence-electron chi connectivity index (χ4n) is 10.4. The standard InChI is InChI=1S/2C31H31N3O8/c2*1-20(35)41-25(23-15-9-4-10-16-23)31(36)42-30-27(38-18-22-13-7-3-8-14-22)24(33-34-32)26(28-29(30)40-19-39-28)37-17-21-11-5-2-6-12-21/h2*2-16,24-30H,17-19H2,1H3/t2*24-,25+,26+,27-,28-,29-,30+/m00/s1. The Kier molecular flexibility index (Phi) is 21.6. The molecule has 2 aliphatic heterocycles. The number of esters is 4. The van der Waals surface area contributed by atoms with Crippen LogP contribution >= 0.6 is 0 Å². The maximum Gasteiger partial charge on any atom is 0.352 e. The number of ether oxygens (including phenoxy) is 12. The van der Waals surface area contributed by atoms with Crippen LogP contribution in [0, 0.1) is 0 Å². The summed E-state index contributed by atoms with van der Waals surface area (Å²) >= 11 is 0. The predicted molar refractivity (Wildman–Crippen MR) is 297 cm³/mol. The van der Waals surface area contributed by atoms with Crippen LogP contribution in [0.4, 0.5) is 0 Å². The monoisotopic (exact) mass is 1150 g/mol. The first-order valence-corrected chi connectivity index (χ1v) is 27.1. The molecule has 0 N–H and O–H groups in total. The van der Waals surface area contributed by atoms with E-state index in [4.69, 9.17) is 56.8 Å². The van der Waals surface area contributed by atoms with Crippen molar-refractivity contribution >= 4 is 23.9 Å². The second kappa shape index (κ2) is 30.2. The van der Waals surface area contributed by atoms with Gasteiger partial charge in [-0.1, -0.05) is 192 Å². The van der Waals surface area contributed by atoms with E-state index in [9.17, 15) is 30.2 Å². The Morgan fingerprint density at radius 3 is 0.952 bits per heavy atom. The fourth-order valence-corrected chi connectivity index (χ4v) is 10.4. The number of nitrogens with zero attached hydrogens (tertiary/aromatic N) is 6. The minimum absolute atomic E-state index is 0.0883. The molecule has 2 aliphatic carbocycles. The van der Waals surface area contributed by atoms with Gasteiger partial charge in [0.1, 0.15) is 50.2 Å². The SMILES string of the molecule is CC(=O)O[C@@H](C(=O)O[C@H]1[C@H]2OCO[C@H]2[C@H](OCc2ccccc2)[C@H](N=[N+]=[N-])[C@@H]1OCc1ccccc1)c1ccccc1.CC(=O)O[C@@H](C(=O)O[C@H]1[C@H]2OCO[C@H]2[C@H](OCc2ccccc2)[C@H](N=[N+]=[N-])[C@@H]1OCc1ccccc1)c1ccccc1. The Morgan fingerprint density at radius 1 is 0.417 bits per heavy atom. The molecule has 4 fully saturated rings. The third kappa shape index (κ3) is 15.6. The molecule has 2 saturated heterocycles. The second-order valence-corrected chi connectivity index (χ2v) is 19.8. The summed E-state index contributed by atoms with van der Waals surface area (Å²) in [5.41, 5.74) is 23.6. The van der Waals surface area contributed by atoms with E-state index >= 15 is 0 Å². The lowest BCUT2D eigenvalue weighted by atomic mass is 9.83. The zero-order valence-electron chi connectivity index (χ0n) is 45.9. The quantitative estimate of drug-likeness (QED) is 0.0201. The third-order valence-electron chi connectivity index (χ3n) is 14.2. The predicted octanol–water partition coefficient (Wildman–Crippen LogP) is 9.61. The van der Waals surface area contributed by atoms with Gasteiger partial charge in [-0.25, -0.2) is 9.59 Å². The van der Waals surface area contributed by atoms with E-state index in [0.717, 1.165) is 22.3 Å². The molecular formula is C62H62N6O16. The highest BCUT2D eigenvalue weighted by Gasteiger charge is 2.59. The Balaban J connectivity index is 0.000000202. The number of carbonyl (C=O) groups excluding carboxylic acids is 4. The van der Waals surface area contributed by atoms with Gasteiger partial charge in [-0.15, -0.1) is 0 Å². The van der Waals surface area contributed by atoms with Gasteiger partial charge in [0, 0.05) is 34.8 Å². The van der Waals surface area contributed by atoms with E-state index in [1.165, 1.54) is 13.8 Å². The fraction of sp³-hybridized carbons (Fsp3) is 0.355. The maximum absolute atomic E-state index is 13.6. The zero-order chi connectivity index (χ0) is 58.6. The van der Waals surface area contributed by atoms with Crippen LogP contribution in [0.1, 0.15) is 59.4 Å². The molecule has 0 aromatic heterocycles. The molecule has 2 saturated carbocycles. The lowest BCUT2D eigenvalue weighted by molar-refractivity contribution is -0.209. The van der Waals surface area contributed by atoms with Gasteiger partial charge in [0.25, 0.3) is 0 Å². The Labute approximate surface area is 483 Å². The lowest BCUT2D eigenvalue weighted by Gasteiger charge is -2.45. The van der Waals surface area contributed by atoms with Gasteiger partial charge >= 0.3 is 23.9 Å². The van der Waals surface area contributed by atoms with Crippen molar-refractivity contribution in [2.24, 2.45) is 10.2 Å². The summed E-state index contributed by atoms with van der Waals surface area (Å²) in [5, 5.41) is 8.12. The van der Waals surface area contributed by atoms with Gasteiger partial charge in [-0.2, -0.15) is 0 Å². The number of carbonyl (C=O) groups is 4. The first kappa shape index (κ1) is 60.1. The van der Waals surface area contributed by atoms with Crippen molar-refractivity contribution in [1.82, 2.24) is 0 Å². The van der Waals surface area contributed by atoms with Crippen molar-refractivity contribution in [3.8, 4) is 0 Å². The topological polar surface area (TPSA) is 277 Å². The smallest absolute Gasteiger partial charge is 0.352 e. The van der Waals surface area contributed by atoms with Crippen LogP contribution in [0.15, 0.2) is 192 Å². The van der Waals surface area contributed by atoms with E-state index in [0.29, 0.717) is 11.1 Å². The molecule has 6 aromatic rings. The van der Waals surface area contributed by atoms with Gasteiger partial charge in [-0.3, -0.25) is 9.59 Å². The molecular weight excluding hydrogens is 1080 g/mol. The van der Waals surface area contributed by atoms with Crippen molar-refractivity contribution < 1.29 is 76.0 Å². The van der Waals surface area contributed by atoms with Crippen molar-refractivity contribution in [1.29, 1.82) is 0 Å². The van der Waals surface area contributed by atoms with Crippen LogP contribution in [0.5, 0.6) is 0 Å². The average Bonchev–Trinajstić information content (AvgIpc) is 4.36. The molecule has 14 atom stereocenters. The number of benzene rings is 6. The molecule has 6 aromatic carbocycles. The van der Waals surface area contributed by atoms with Gasteiger partial charge in [0.05, 0.1) is 50.7 Å². The Hall–Kier alpha value is -8.50. The maximum atomic E-state index is 13.6. The van der Waals surface area contributed by atoms with Crippen LogP contribution < -0.4 is 0 Å². The van der Waals surface area contributed by atoms with Crippen molar-refractivity contribution in [3.05, 3.63) is 236 Å². The van der Waals surface area contributed by atoms with Gasteiger partial charge in [0.2, 0.25) is 12.2 Å². The summed E-state index contributed by atoms with van der Waals surface area (Å²) in [6, 6.07) is 53.1. The van der Waals surface area contributed by atoms with E-state index < -0.39 is 109 Å². The highest BCUT2D eigenvalue weighted by molar-refractivity contribution is 5.81. The minimum Gasteiger partial charge on any atom is -0.454 e. The molecule has 22 nitrogen and oxygen atoms in total. The molecule has 22 heteroatoms. The van der Waals surface area contributed by atoms with Crippen LogP contribution in [-0.4, -0.2) is 111 Å². The molecule has 0 unspecified atom stereocenters. The van der Waals surface area contributed by atoms with E-state index in [1.807, 2.05) is 121 Å². The van der Waals surface area contributed by atoms with Crippen LogP contribution in [-0.2, 0) is 102 Å². The normalized spacial score (nSPS) is 25.5. The molecule has 84 heavy (non-hydrogen) atoms. The number of rotatable bonds is 22. The summed E-state index contributed by atoms with van der Waals surface area (Å²) in [7, 11) is 0. The van der Waals surface area contributed by atoms with Crippen LogP contribution in [0.25, 0.3) is 20.9 Å². The van der Waals surface area contributed by atoms with Gasteiger partial charge in [0.15, 0.2) is 12.2 Å². The van der Waals surface area contributed by atoms with Gasteiger partial charge in [-0.05, 0) is 33.3 Å². The van der Waals surface area contributed by atoms with Crippen LogP contribution in [0.2, 0.25) is 0 Å². The van der Waals surface area contributed by atoms with Gasteiger partial charge < -0.3 is 56.8 Å². The highest BCUT2D eigenvalue weighted by Crippen LogP contribution is 2.40. The summed E-state index contributed by atoms with van der Waals surface area (Å²) in [6.45, 7) is 2.95. The van der Waals surface area contributed by atoms with Crippen molar-refractivity contribution in [2.75, 3.05) is 13.6 Å². The molecule has 0 bridgehead atoms. The lowest BCUT2D eigenvalue weighted by Crippen LogP contribution is -2.64. The average molecular weight is 1150 g/mol. The summed E-state index contributed by atoms with van der Waals surface area (Å²) in [6.07, 6.45) is -11.4. The Morgan fingerprint density at radius 2 is 0.679 bits per heavy atom. The van der Waals surface area contributed by atoms with E-state index in [1.54, 1.807) is 60.7 Å². The van der Waals surface area contributed by atoms with Crippen LogP contribution in [0.3, 0.4) is 0 Å². The molecule has 2 heterocycles. The third-order valence-corrected chi connectivity index (χ3v) is 14.2. The number of fused-ring (bicyclic) bond motifs is 2. The van der Waals surface area contributed by atoms with Crippen molar-refractivity contribution in [3.63, 3.8) is 0 Å². The summed E-state index contributed by atoms with van der Waals surface area (Å²) in [5.74, 6) is -2.96. The zero-order valence-corrected chi connectivity index (χ0v) is 45.9. The first-order chi connectivity index (χ1) is 41.1. The molecule has 10 rings (SSSR count). The highest BCUT2D eigenvalue weighted by atomic mass is 16.7. The largest absolute Gasteiger partial charge is 0.454 e. The number of azide groups is 2. The summed E-state index contributed by atoms with van der Waals surface area (Å²) in [4.78, 5) is 57.3. The second-order valence-electron chi connectivity index (χ2n) is 19.8.